The van der Waals surface area contributed by atoms with Crippen molar-refractivity contribution in [2.75, 3.05) is 16.0 Å². The van der Waals surface area contributed by atoms with Gasteiger partial charge in [0.2, 0.25) is 11.8 Å². The van der Waals surface area contributed by atoms with Crippen LogP contribution in [0.2, 0.25) is 0 Å². The topological polar surface area (TPSA) is 117 Å². The van der Waals surface area contributed by atoms with Crippen LogP contribution in [-0.4, -0.2) is 29.2 Å². The van der Waals surface area contributed by atoms with E-state index in [4.69, 9.17) is 4.99 Å². The standard InChI is InChI=1S/C33H28N4O4/c1-20(38)34-27-12-6-24(7-13-27)32(40)18-22-3-16-30-26(17-22)19-31(37-30)23-4-10-29(11-5-23)36-33(41)25-8-14-28(15-9-25)35-21(2)39/h3-17H,18-19H2,1-2H3,(H,34,38)(H,35,39)(H,36,41). The lowest BCUT2D eigenvalue weighted by molar-refractivity contribution is -0.115. The SMILES string of the molecule is CC(=O)Nc1ccc(C(=O)Cc2ccc3c(c2)CC(c2ccc(NC(=O)c4ccc(NC(C)=O)cc4)cc2)=N3)cc1. The highest BCUT2D eigenvalue weighted by atomic mass is 16.2. The molecule has 0 aromatic heterocycles. The van der Waals surface area contributed by atoms with Gasteiger partial charge >= 0.3 is 0 Å². The molecule has 8 heteroatoms. The van der Waals surface area contributed by atoms with Gasteiger partial charge in [0.05, 0.1) is 11.4 Å². The third-order valence-electron chi connectivity index (χ3n) is 6.59. The van der Waals surface area contributed by atoms with Crippen molar-refractivity contribution in [3.8, 4) is 0 Å². The van der Waals surface area contributed by atoms with E-state index < -0.39 is 0 Å². The lowest BCUT2D eigenvalue weighted by Crippen LogP contribution is -2.12. The summed E-state index contributed by atoms with van der Waals surface area (Å²) in [5, 5.41) is 8.26. The van der Waals surface area contributed by atoms with Crippen LogP contribution in [-0.2, 0) is 22.4 Å². The molecule has 4 aromatic rings. The number of Topliss-reactive ketones (excluding diaryl/α,β-unsaturated/α-hetero) is 1. The summed E-state index contributed by atoms with van der Waals surface area (Å²) in [4.78, 5) is 52.6. The Balaban J connectivity index is 1.18. The highest BCUT2D eigenvalue weighted by Gasteiger charge is 2.18. The molecule has 0 radical (unpaired) electrons. The van der Waals surface area contributed by atoms with Crippen LogP contribution in [0.15, 0.2) is 96.0 Å². The molecule has 1 aliphatic heterocycles. The van der Waals surface area contributed by atoms with Crippen molar-refractivity contribution in [3.05, 3.63) is 119 Å². The van der Waals surface area contributed by atoms with Crippen LogP contribution in [0.1, 0.15) is 51.3 Å². The Labute approximate surface area is 237 Å². The van der Waals surface area contributed by atoms with Crippen molar-refractivity contribution < 1.29 is 19.2 Å². The molecular formula is C33H28N4O4. The number of carbonyl (C=O) groups excluding carboxylic acids is 4. The Hall–Kier alpha value is -5.37. The zero-order valence-corrected chi connectivity index (χ0v) is 22.7. The van der Waals surface area contributed by atoms with Crippen LogP contribution < -0.4 is 16.0 Å². The number of benzene rings is 4. The summed E-state index contributed by atoms with van der Waals surface area (Å²) in [5.41, 5.74) is 7.75. The maximum absolute atomic E-state index is 12.8. The monoisotopic (exact) mass is 544 g/mol. The molecule has 41 heavy (non-hydrogen) atoms. The van der Waals surface area contributed by atoms with E-state index in [0.29, 0.717) is 34.6 Å². The fourth-order valence-corrected chi connectivity index (χ4v) is 4.62. The van der Waals surface area contributed by atoms with Crippen molar-refractivity contribution in [1.82, 2.24) is 0 Å². The Kier molecular flexibility index (Phi) is 7.83. The van der Waals surface area contributed by atoms with E-state index in [9.17, 15) is 19.2 Å². The molecule has 204 valence electrons. The first-order valence-electron chi connectivity index (χ1n) is 13.1. The number of nitrogens with one attached hydrogen (secondary N) is 3. The first-order valence-corrected chi connectivity index (χ1v) is 13.1. The fourth-order valence-electron chi connectivity index (χ4n) is 4.62. The molecular weight excluding hydrogens is 516 g/mol. The molecule has 0 saturated carbocycles. The summed E-state index contributed by atoms with van der Waals surface area (Å²) in [6, 6.07) is 27.0. The third-order valence-corrected chi connectivity index (χ3v) is 6.59. The van der Waals surface area contributed by atoms with Gasteiger partial charge in [0, 0.05) is 54.9 Å². The van der Waals surface area contributed by atoms with Gasteiger partial charge in [-0.3, -0.25) is 24.2 Å². The van der Waals surface area contributed by atoms with E-state index in [2.05, 4.69) is 16.0 Å². The predicted molar refractivity (Wildman–Crippen MR) is 160 cm³/mol. The first-order chi connectivity index (χ1) is 19.7. The summed E-state index contributed by atoms with van der Waals surface area (Å²) in [6.45, 7) is 2.87. The summed E-state index contributed by atoms with van der Waals surface area (Å²) >= 11 is 0. The quantitative estimate of drug-likeness (QED) is 0.237. The van der Waals surface area contributed by atoms with Crippen LogP contribution >= 0.6 is 0 Å². The van der Waals surface area contributed by atoms with Gasteiger partial charge in [-0.25, -0.2) is 0 Å². The molecule has 5 rings (SSSR count). The minimum Gasteiger partial charge on any atom is -0.326 e. The number of amides is 3. The average molecular weight is 545 g/mol. The number of rotatable bonds is 8. The second-order valence-electron chi connectivity index (χ2n) is 9.85. The van der Waals surface area contributed by atoms with Gasteiger partial charge in [0.15, 0.2) is 5.78 Å². The minimum atomic E-state index is -0.247. The highest BCUT2D eigenvalue weighted by molar-refractivity contribution is 6.08. The molecule has 1 aliphatic rings. The van der Waals surface area contributed by atoms with Crippen LogP contribution in [0.5, 0.6) is 0 Å². The largest absolute Gasteiger partial charge is 0.326 e. The predicted octanol–water partition coefficient (Wildman–Crippen LogP) is 5.96. The molecule has 0 saturated heterocycles. The van der Waals surface area contributed by atoms with Gasteiger partial charge in [-0.2, -0.15) is 0 Å². The number of hydrogen-bond donors (Lipinski definition) is 3. The molecule has 0 fully saturated rings. The molecule has 0 spiro atoms. The van der Waals surface area contributed by atoms with Crippen molar-refractivity contribution in [3.63, 3.8) is 0 Å². The van der Waals surface area contributed by atoms with Crippen LogP contribution in [0.3, 0.4) is 0 Å². The number of fused-ring (bicyclic) bond motifs is 1. The lowest BCUT2D eigenvalue weighted by atomic mass is 9.98. The zero-order chi connectivity index (χ0) is 28.9. The lowest BCUT2D eigenvalue weighted by Gasteiger charge is -2.08. The van der Waals surface area contributed by atoms with Crippen LogP contribution in [0, 0.1) is 0 Å². The molecule has 0 aliphatic carbocycles. The summed E-state index contributed by atoms with van der Waals surface area (Å²) < 4.78 is 0. The number of ketones is 1. The number of nitrogens with zero attached hydrogens (tertiary/aromatic N) is 1. The maximum atomic E-state index is 12.8. The van der Waals surface area contributed by atoms with E-state index in [1.165, 1.54) is 13.8 Å². The summed E-state index contributed by atoms with van der Waals surface area (Å²) in [7, 11) is 0. The molecule has 1 heterocycles. The number of carbonyl (C=O) groups is 4. The van der Waals surface area contributed by atoms with E-state index in [-0.39, 0.29) is 29.9 Å². The van der Waals surface area contributed by atoms with Gasteiger partial charge < -0.3 is 16.0 Å². The normalized spacial score (nSPS) is 11.7. The summed E-state index contributed by atoms with van der Waals surface area (Å²) in [5.74, 6) is -0.575. The first kappa shape index (κ1) is 27.2. The zero-order valence-electron chi connectivity index (χ0n) is 22.7. The van der Waals surface area contributed by atoms with E-state index in [1.54, 1.807) is 48.5 Å². The Bertz CT molecular complexity index is 1670. The maximum Gasteiger partial charge on any atom is 0.255 e. The Morgan fingerprint density at radius 1 is 0.659 bits per heavy atom. The van der Waals surface area contributed by atoms with Crippen molar-refractivity contribution in [2.24, 2.45) is 4.99 Å². The molecule has 8 nitrogen and oxygen atoms in total. The molecule has 0 bridgehead atoms. The number of hydrogen-bond acceptors (Lipinski definition) is 5. The number of anilines is 3. The van der Waals surface area contributed by atoms with E-state index in [1.807, 2.05) is 42.5 Å². The Morgan fingerprint density at radius 3 is 1.78 bits per heavy atom. The fraction of sp³-hybridized carbons (Fsp3) is 0.121. The van der Waals surface area contributed by atoms with Crippen LogP contribution in [0.4, 0.5) is 22.7 Å². The van der Waals surface area contributed by atoms with Gasteiger partial charge in [0.25, 0.3) is 5.91 Å². The van der Waals surface area contributed by atoms with Crippen molar-refractivity contribution in [1.29, 1.82) is 0 Å². The second kappa shape index (κ2) is 11.8. The smallest absolute Gasteiger partial charge is 0.255 e. The van der Waals surface area contributed by atoms with Gasteiger partial charge in [-0.05, 0) is 83.4 Å². The highest BCUT2D eigenvalue weighted by Crippen LogP contribution is 2.30. The number of aliphatic imine (C=N–C) groups is 1. The molecule has 3 amide bonds. The van der Waals surface area contributed by atoms with Gasteiger partial charge in [0.1, 0.15) is 0 Å². The molecule has 0 unspecified atom stereocenters. The third kappa shape index (κ3) is 6.80. The average Bonchev–Trinajstić information content (AvgIpc) is 3.37. The van der Waals surface area contributed by atoms with Crippen molar-refractivity contribution >= 4 is 52.0 Å². The van der Waals surface area contributed by atoms with Crippen molar-refractivity contribution in [2.45, 2.75) is 26.7 Å². The molecule has 0 atom stereocenters. The van der Waals surface area contributed by atoms with E-state index >= 15 is 0 Å². The Morgan fingerprint density at radius 2 is 1.20 bits per heavy atom. The molecule has 3 N–H and O–H groups in total. The summed E-state index contributed by atoms with van der Waals surface area (Å²) in [6.07, 6.45) is 0.918. The van der Waals surface area contributed by atoms with Gasteiger partial charge in [-0.15, -0.1) is 0 Å². The molecule has 4 aromatic carbocycles. The van der Waals surface area contributed by atoms with Gasteiger partial charge in [-0.1, -0.05) is 24.3 Å². The van der Waals surface area contributed by atoms with Crippen LogP contribution in [0.25, 0.3) is 0 Å². The second-order valence-corrected chi connectivity index (χ2v) is 9.85. The van der Waals surface area contributed by atoms with E-state index in [0.717, 1.165) is 28.1 Å². The minimum absolute atomic E-state index is 0.000213.